The Morgan fingerprint density at radius 1 is 1.17 bits per heavy atom. The predicted molar refractivity (Wildman–Crippen MR) is 114 cm³/mol. The molecule has 0 amide bonds. The molecule has 1 heterocycles. The molecule has 1 aliphatic rings. The van der Waals surface area contributed by atoms with Gasteiger partial charge in [-0.2, -0.15) is 0 Å². The zero-order valence-corrected chi connectivity index (χ0v) is 17.4. The Kier molecular flexibility index (Phi) is 6.49. The Hall–Kier alpha value is -2.93. The van der Waals surface area contributed by atoms with Gasteiger partial charge in [0.25, 0.3) is 0 Å². The molecule has 7 heteroatoms. The van der Waals surface area contributed by atoms with E-state index in [-0.39, 0.29) is 12.4 Å². The summed E-state index contributed by atoms with van der Waals surface area (Å²) in [5.74, 6) is -0.104. The van der Waals surface area contributed by atoms with Crippen molar-refractivity contribution in [3.63, 3.8) is 0 Å². The SMILES string of the molecule is CCOC(=O)C1=C(C)N(c2ccc(OCC)cc2)C(=S)N[C@H]1c1cccc(F)c1. The number of ether oxygens (including phenoxy) is 2. The highest BCUT2D eigenvalue weighted by Gasteiger charge is 2.35. The minimum atomic E-state index is -0.601. The molecule has 0 unspecified atom stereocenters. The lowest BCUT2D eigenvalue weighted by Crippen LogP contribution is -2.48. The summed E-state index contributed by atoms with van der Waals surface area (Å²) in [6.45, 7) is 6.28. The number of benzene rings is 2. The van der Waals surface area contributed by atoms with E-state index in [1.165, 1.54) is 12.1 Å². The van der Waals surface area contributed by atoms with Gasteiger partial charge in [0.15, 0.2) is 5.11 Å². The maximum absolute atomic E-state index is 13.8. The van der Waals surface area contributed by atoms with Crippen LogP contribution >= 0.6 is 12.2 Å². The molecule has 0 saturated carbocycles. The second kappa shape index (κ2) is 9.05. The van der Waals surface area contributed by atoms with E-state index in [0.717, 1.165) is 11.4 Å². The number of carbonyl (C=O) groups excluding carboxylic acids is 1. The van der Waals surface area contributed by atoms with Crippen molar-refractivity contribution in [2.45, 2.75) is 26.8 Å². The summed E-state index contributed by atoms with van der Waals surface area (Å²) in [7, 11) is 0. The molecule has 0 fully saturated rings. The largest absolute Gasteiger partial charge is 0.494 e. The minimum absolute atomic E-state index is 0.235. The maximum atomic E-state index is 13.8. The molecule has 0 spiro atoms. The summed E-state index contributed by atoms with van der Waals surface area (Å²) < 4.78 is 24.6. The Balaban J connectivity index is 2.07. The lowest BCUT2D eigenvalue weighted by molar-refractivity contribution is -0.139. The number of rotatable bonds is 6. The summed E-state index contributed by atoms with van der Waals surface area (Å²) in [6.07, 6.45) is 0. The van der Waals surface area contributed by atoms with E-state index in [2.05, 4.69) is 5.32 Å². The number of thiocarbonyl (C=S) groups is 1. The highest BCUT2D eigenvalue weighted by molar-refractivity contribution is 7.80. The van der Waals surface area contributed by atoms with Crippen LogP contribution in [0.1, 0.15) is 32.4 Å². The van der Waals surface area contributed by atoms with Gasteiger partial charge in [0, 0.05) is 11.4 Å². The molecule has 0 bridgehead atoms. The van der Waals surface area contributed by atoms with E-state index in [9.17, 15) is 9.18 Å². The molecule has 152 valence electrons. The standard InChI is InChI=1S/C22H23FN2O3S/c1-4-27-18-11-9-17(10-12-18)25-14(3)19(21(26)28-5-2)20(24-22(25)29)15-7-6-8-16(23)13-15/h6-13,20H,4-5H2,1-3H3,(H,24,29)/t20-/m0/s1. The topological polar surface area (TPSA) is 50.8 Å². The normalized spacial score (nSPS) is 16.5. The summed E-state index contributed by atoms with van der Waals surface area (Å²) >= 11 is 5.59. The van der Waals surface area contributed by atoms with Crippen molar-refractivity contribution >= 4 is 29.0 Å². The summed E-state index contributed by atoms with van der Waals surface area (Å²) in [5.41, 5.74) is 2.40. The first-order valence-electron chi connectivity index (χ1n) is 9.43. The summed E-state index contributed by atoms with van der Waals surface area (Å²) in [5, 5.41) is 3.58. The summed E-state index contributed by atoms with van der Waals surface area (Å²) in [6, 6.07) is 12.9. The zero-order valence-electron chi connectivity index (χ0n) is 16.6. The quantitative estimate of drug-likeness (QED) is 0.555. The van der Waals surface area contributed by atoms with Crippen molar-refractivity contribution in [3.05, 3.63) is 71.2 Å². The smallest absolute Gasteiger partial charge is 0.338 e. The molecule has 0 aliphatic carbocycles. The Bertz CT molecular complexity index is 943. The Morgan fingerprint density at radius 3 is 2.52 bits per heavy atom. The van der Waals surface area contributed by atoms with Crippen molar-refractivity contribution in [2.75, 3.05) is 18.1 Å². The van der Waals surface area contributed by atoms with Crippen LogP contribution in [0.25, 0.3) is 0 Å². The van der Waals surface area contributed by atoms with Gasteiger partial charge in [-0.15, -0.1) is 0 Å². The molecule has 29 heavy (non-hydrogen) atoms. The van der Waals surface area contributed by atoms with Crippen LogP contribution in [0.4, 0.5) is 10.1 Å². The van der Waals surface area contributed by atoms with Crippen molar-refractivity contribution in [3.8, 4) is 5.75 Å². The fourth-order valence-corrected chi connectivity index (χ4v) is 3.68. The second-order valence-electron chi connectivity index (χ2n) is 6.42. The number of nitrogens with zero attached hydrogens (tertiary/aromatic N) is 1. The third-order valence-electron chi connectivity index (χ3n) is 4.57. The molecule has 2 aromatic rings. The lowest BCUT2D eigenvalue weighted by Gasteiger charge is -2.37. The number of carbonyl (C=O) groups is 1. The number of allylic oxidation sites excluding steroid dienone is 1. The molecule has 0 saturated heterocycles. The highest BCUT2D eigenvalue weighted by Crippen LogP contribution is 2.35. The third kappa shape index (κ3) is 4.40. The van der Waals surface area contributed by atoms with E-state index >= 15 is 0 Å². The number of hydrogen-bond acceptors (Lipinski definition) is 4. The fourth-order valence-electron chi connectivity index (χ4n) is 3.32. The average molecular weight is 415 g/mol. The molecule has 1 atom stereocenters. The number of hydrogen-bond donors (Lipinski definition) is 1. The molecule has 2 aromatic carbocycles. The fraction of sp³-hybridized carbons (Fsp3) is 0.273. The van der Waals surface area contributed by atoms with E-state index in [0.29, 0.717) is 28.6 Å². The number of esters is 1. The van der Waals surface area contributed by atoms with Crippen LogP contribution in [-0.4, -0.2) is 24.3 Å². The average Bonchev–Trinajstić information content (AvgIpc) is 2.69. The van der Waals surface area contributed by atoms with Gasteiger partial charge in [0.2, 0.25) is 0 Å². The molecular formula is C22H23FN2O3S. The van der Waals surface area contributed by atoms with Crippen LogP contribution in [0.15, 0.2) is 59.8 Å². The van der Waals surface area contributed by atoms with Crippen molar-refractivity contribution in [1.29, 1.82) is 0 Å². The highest BCUT2D eigenvalue weighted by atomic mass is 32.1. The number of halogens is 1. The molecule has 0 radical (unpaired) electrons. The van der Waals surface area contributed by atoms with Crippen LogP contribution in [0.2, 0.25) is 0 Å². The van der Waals surface area contributed by atoms with Crippen LogP contribution in [0.5, 0.6) is 5.75 Å². The van der Waals surface area contributed by atoms with Crippen LogP contribution < -0.4 is 15.0 Å². The molecule has 1 N–H and O–H groups in total. The van der Waals surface area contributed by atoms with E-state index in [1.54, 1.807) is 24.0 Å². The van der Waals surface area contributed by atoms with Gasteiger partial charge in [0.1, 0.15) is 11.6 Å². The zero-order chi connectivity index (χ0) is 21.0. The van der Waals surface area contributed by atoms with Crippen LogP contribution in [0.3, 0.4) is 0 Å². The molecule has 5 nitrogen and oxygen atoms in total. The van der Waals surface area contributed by atoms with E-state index in [4.69, 9.17) is 21.7 Å². The third-order valence-corrected chi connectivity index (χ3v) is 4.87. The van der Waals surface area contributed by atoms with Gasteiger partial charge < -0.3 is 14.8 Å². The monoisotopic (exact) mass is 414 g/mol. The summed E-state index contributed by atoms with van der Waals surface area (Å²) in [4.78, 5) is 14.6. The lowest BCUT2D eigenvalue weighted by atomic mass is 9.94. The number of anilines is 1. The first-order valence-corrected chi connectivity index (χ1v) is 9.83. The molecule has 0 aromatic heterocycles. The minimum Gasteiger partial charge on any atom is -0.494 e. The molecule has 1 aliphatic heterocycles. The van der Waals surface area contributed by atoms with Gasteiger partial charge in [0.05, 0.1) is 24.8 Å². The Morgan fingerprint density at radius 2 is 1.90 bits per heavy atom. The van der Waals surface area contributed by atoms with E-state index < -0.39 is 12.0 Å². The van der Waals surface area contributed by atoms with Gasteiger partial charge in [-0.3, -0.25) is 4.90 Å². The predicted octanol–water partition coefficient (Wildman–Crippen LogP) is 4.50. The first-order chi connectivity index (χ1) is 14.0. The van der Waals surface area contributed by atoms with Gasteiger partial charge >= 0.3 is 5.97 Å². The second-order valence-corrected chi connectivity index (χ2v) is 6.81. The van der Waals surface area contributed by atoms with Crippen molar-refractivity contribution in [1.82, 2.24) is 5.32 Å². The first kappa shape index (κ1) is 20.8. The van der Waals surface area contributed by atoms with Gasteiger partial charge in [-0.05, 0) is 75.0 Å². The van der Waals surface area contributed by atoms with Gasteiger partial charge in [-0.25, -0.2) is 9.18 Å². The number of nitrogens with one attached hydrogen (secondary N) is 1. The van der Waals surface area contributed by atoms with Crippen molar-refractivity contribution < 1.29 is 18.7 Å². The van der Waals surface area contributed by atoms with Crippen molar-refractivity contribution in [2.24, 2.45) is 0 Å². The Labute approximate surface area is 175 Å². The molecule has 3 rings (SSSR count). The van der Waals surface area contributed by atoms with Gasteiger partial charge in [-0.1, -0.05) is 12.1 Å². The molecular weight excluding hydrogens is 391 g/mol. The van der Waals surface area contributed by atoms with Crippen LogP contribution in [0, 0.1) is 5.82 Å². The van der Waals surface area contributed by atoms with E-state index in [1.807, 2.05) is 38.1 Å². The van der Waals surface area contributed by atoms with Crippen LogP contribution in [-0.2, 0) is 9.53 Å². The maximum Gasteiger partial charge on any atom is 0.338 e.